The van der Waals surface area contributed by atoms with Crippen LogP contribution in [0.3, 0.4) is 0 Å². The molecular formula is C21H22ClF3N4O2. The molecule has 166 valence electrons. The molecule has 0 aliphatic carbocycles. The smallest absolute Gasteiger partial charge is 0.417 e. The van der Waals surface area contributed by atoms with Gasteiger partial charge in [0.15, 0.2) is 17.2 Å². The van der Waals surface area contributed by atoms with Gasteiger partial charge in [-0.25, -0.2) is 0 Å². The molecule has 0 radical (unpaired) electrons. The van der Waals surface area contributed by atoms with Crippen LogP contribution in [0.1, 0.15) is 35.6 Å². The zero-order chi connectivity index (χ0) is 23.4. The monoisotopic (exact) mass is 454 g/mol. The molecule has 0 aliphatic heterocycles. The van der Waals surface area contributed by atoms with Crippen molar-refractivity contribution in [1.29, 1.82) is 0 Å². The lowest BCUT2D eigenvalue weighted by Crippen LogP contribution is -2.29. The van der Waals surface area contributed by atoms with E-state index in [0.29, 0.717) is 22.9 Å². The molecule has 0 spiro atoms. The number of ether oxygens (including phenoxy) is 1. The number of benzene rings is 2. The van der Waals surface area contributed by atoms with Crippen LogP contribution in [-0.4, -0.2) is 28.1 Å². The summed E-state index contributed by atoms with van der Waals surface area (Å²) >= 11 is 5.87. The Morgan fingerprint density at radius 3 is 2.23 bits per heavy atom. The van der Waals surface area contributed by atoms with Crippen molar-refractivity contribution < 1.29 is 22.7 Å². The SMILES string of the molecule is CN.Cn1c(-c2ccc(C=O)cc2C(F)(F)F)nnc1C(C)(C)Oc1ccc(Cl)cc1. The van der Waals surface area contributed by atoms with Gasteiger partial charge in [0, 0.05) is 23.2 Å². The third-order valence-electron chi connectivity index (χ3n) is 4.33. The number of hydrogen-bond acceptors (Lipinski definition) is 5. The molecule has 0 amide bonds. The van der Waals surface area contributed by atoms with E-state index in [0.717, 1.165) is 6.07 Å². The normalized spacial score (nSPS) is 11.5. The van der Waals surface area contributed by atoms with E-state index >= 15 is 0 Å². The van der Waals surface area contributed by atoms with Gasteiger partial charge < -0.3 is 15.0 Å². The van der Waals surface area contributed by atoms with E-state index in [4.69, 9.17) is 16.3 Å². The summed E-state index contributed by atoms with van der Waals surface area (Å²) in [5, 5.41) is 8.58. The number of aldehydes is 1. The van der Waals surface area contributed by atoms with Crippen molar-refractivity contribution in [3.8, 4) is 17.1 Å². The molecule has 2 N–H and O–H groups in total. The topological polar surface area (TPSA) is 83.0 Å². The van der Waals surface area contributed by atoms with Crippen LogP contribution in [0, 0.1) is 0 Å². The summed E-state index contributed by atoms with van der Waals surface area (Å²) in [4.78, 5) is 10.9. The van der Waals surface area contributed by atoms with Crippen LogP contribution in [0.5, 0.6) is 5.75 Å². The Balaban J connectivity index is 0.00000166. The van der Waals surface area contributed by atoms with E-state index in [9.17, 15) is 18.0 Å². The largest absolute Gasteiger partial charge is 0.480 e. The van der Waals surface area contributed by atoms with Crippen LogP contribution >= 0.6 is 11.6 Å². The third-order valence-corrected chi connectivity index (χ3v) is 4.58. The Morgan fingerprint density at radius 2 is 1.68 bits per heavy atom. The summed E-state index contributed by atoms with van der Waals surface area (Å²) in [6.07, 6.45) is -4.29. The van der Waals surface area contributed by atoms with Crippen molar-refractivity contribution in [3.63, 3.8) is 0 Å². The van der Waals surface area contributed by atoms with Crippen molar-refractivity contribution in [2.75, 3.05) is 7.05 Å². The number of carbonyl (C=O) groups excluding carboxylic acids is 1. The van der Waals surface area contributed by atoms with Crippen LogP contribution in [0.4, 0.5) is 13.2 Å². The molecule has 1 heterocycles. The standard InChI is InChI=1S/C20H17ClF3N3O2.CH5N/c1-19(2,29-14-7-5-13(21)6-8-14)18-26-25-17(27(18)3)15-9-4-12(11-28)10-16(15)20(22,23)24;1-2/h4-11H,1-3H3;2H2,1H3. The first-order valence-electron chi connectivity index (χ1n) is 9.12. The number of carbonyl (C=O) groups is 1. The molecule has 0 fully saturated rings. The Bertz CT molecular complexity index is 1050. The van der Waals surface area contributed by atoms with Crippen LogP contribution in [0.15, 0.2) is 42.5 Å². The number of halogens is 4. The third kappa shape index (κ3) is 5.42. The van der Waals surface area contributed by atoms with E-state index in [-0.39, 0.29) is 17.0 Å². The van der Waals surface area contributed by atoms with E-state index in [1.165, 1.54) is 23.7 Å². The quantitative estimate of drug-likeness (QED) is 0.557. The van der Waals surface area contributed by atoms with E-state index in [1.807, 2.05) is 0 Å². The number of nitrogens with two attached hydrogens (primary N) is 1. The fraction of sp³-hybridized carbons (Fsp3) is 0.286. The van der Waals surface area contributed by atoms with Crippen LogP contribution < -0.4 is 10.5 Å². The predicted octanol–water partition coefficient (Wildman–Crippen LogP) is 4.86. The molecule has 3 aromatic rings. The minimum atomic E-state index is -4.66. The summed E-state index contributed by atoms with van der Waals surface area (Å²) in [5.74, 6) is 0.864. The molecule has 3 rings (SSSR count). The first kappa shape index (κ1) is 24.4. The number of nitrogens with zero attached hydrogens (tertiary/aromatic N) is 3. The zero-order valence-electron chi connectivity index (χ0n) is 17.4. The van der Waals surface area contributed by atoms with Gasteiger partial charge in [0.2, 0.25) is 0 Å². The summed E-state index contributed by atoms with van der Waals surface area (Å²) in [6, 6.07) is 10.0. The minimum Gasteiger partial charge on any atom is -0.480 e. The van der Waals surface area contributed by atoms with Gasteiger partial charge in [0.25, 0.3) is 0 Å². The summed E-state index contributed by atoms with van der Waals surface area (Å²) in [7, 11) is 3.06. The van der Waals surface area contributed by atoms with Crippen molar-refractivity contribution >= 4 is 17.9 Å². The van der Waals surface area contributed by atoms with Crippen molar-refractivity contribution in [3.05, 3.63) is 64.4 Å². The summed E-state index contributed by atoms with van der Waals surface area (Å²) in [6.45, 7) is 3.46. The second-order valence-corrected chi connectivity index (χ2v) is 7.33. The highest BCUT2D eigenvalue weighted by molar-refractivity contribution is 6.30. The number of aromatic nitrogens is 3. The highest BCUT2D eigenvalue weighted by atomic mass is 35.5. The number of hydrogen-bond donors (Lipinski definition) is 1. The maximum absolute atomic E-state index is 13.5. The fourth-order valence-corrected chi connectivity index (χ4v) is 3.12. The van der Waals surface area contributed by atoms with Gasteiger partial charge in [-0.05, 0) is 57.3 Å². The molecule has 0 bridgehead atoms. The minimum absolute atomic E-state index is 0.0116. The van der Waals surface area contributed by atoms with Crippen molar-refractivity contribution in [2.45, 2.75) is 25.6 Å². The Kier molecular flexibility index (Phi) is 7.45. The van der Waals surface area contributed by atoms with Crippen molar-refractivity contribution in [2.24, 2.45) is 12.8 Å². The van der Waals surface area contributed by atoms with E-state index in [2.05, 4.69) is 15.9 Å². The molecule has 0 saturated heterocycles. The van der Waals surface area contributed by atoms with Crippen molar-refractivity contribution in [1.82, 2.24) is 14.8 Å². The van der Waals surface area contributed by atoms with E-state index < -0.39 is 17.3 Å². The lowest BCUT2D eigenvalue weighted by Gasteiger charge is -2.25. The number of rotatable bonds is 5. The molecule has 31 heavy (non-hydrogen) atoms. The van der Waals surface area contributed by atoms with Gasteiger partial charge in [0.1, 0.15) is 12.0 Å². The van der Waals surface area contributed by atoms with Gasteiger partial charge in [-0.15, -0.1) is 10.2 Å². The molecule has 6 nitrogen and oxygen atoms in total. The maximum atomic E-state index is 13.5. The molecule has 10 heteroatoms. The predicted molar refractivity (Wildman–Crippen MR) is 112 cm³/mol. The first-order valence-corrected chi connectivity index (χ1v) is 9.49. The second-order valence-electron chi connectivity index (χ2n) is 6.89. The van der Waals surface area contributed by atoms with Crippen LogP contribution in [0.25, 0.3) is 11.4 Å². The van der Waals surface area contributed by atoms with Gasteiger partial charge in [-0.3, -0.25) is 4.79 Å². The Labute approximate surface area is 182 Å². The van der Waals surface area contributed by atoms with Gasteiger partial charge in [0.05, 0.1) is 5.56 Å². The maximum Gasteiger partial charge on any atom is 0.417 e. The van der Waals surface area contributed by atoms with Crippen LogP contribution in [0.2, 0.25) is 5.02 Å². The fourth-order valence-electron chi connectivity index (χ4n) is 3.00. The van der Waals surface area contributed by atoms with Gasteiger partial charge >= 0.3 is 6.18 Å². The molecule has 0 saturated carbocycles. The Hall–Kier alpha value is -2.91. The average molecular weight is 455 g/mol. The molecule has 1 aromatic heterocycles. The van der Waals surface area contributed by atoms with Crippen LogP contribution in [-0.2, 0) is 18.8 Å². The second kappa shape index (κ2) is 9.49. The highest BCUT2D eigenvalue weighted by Crippen LogP contribution is 2.38. The first-order chi connectivity index (χ1) is 14.5. The summed E-state index contributed by atoms with van der Waals surface area (Å²) < 4.78 is 48.0. The summed E-state index contributed by atoms with van der Waals surface area (Å²) in [5.41, 5.74) is 2.30. The molecule has 0 unspecified atom stereocenters. The average Bonchev–Trinajstić information content (AvgIpc) is 3.12. The number of alkyl halides is 3. The lowest BCUT2D eigenvalue weighted by molar-refractivity contribution is -0.137. The lowest BCUT2D eigenvalue weighted by atomic mass is 10.0. The Morgan fingerprint density at radius 1 is 1.06 bits per heavy atom. The molecule has 0 atom stereocenters. The molecule has 2 aromatic carbocycles. The highest BCUT2D eigenvalue weighted by Gasteiger charge is 2.36. The van der Waals surface area contributed by atoms with Gasteiger partial charge in [-0.1, -0.05) is 17.7 Å². The molecule has 0 aliphatic rings. The van der Waals surface area contributed by atoms with E-state index in [1.54, 1.807) is 45.2 Å². The zero-order valence-corrected chi connectivity index (χ0v) is 18.1. The van der Waals surface area contributed by atoms with Gasteiger partial charge in [-0.2, -0.15) is 13.2 Å². The molecular weight excluding hydrogens is 433 g/mol.